The second kappa shape index (κ2) is 6.12. The Morgan fingerprint density at radius 2 is 2.04 bits per heavy atom. The van der Waals surface area contributed by atoms with Gasteiger partial charge in [-0.25, -0.2) is 4.68 Å². The zero-order chi connectivity index (χ0) is 17.1. The average Bonchev–Trinajstić information content (AvgIpc) is 3.00. The molecular weight excluding hydrogens is 316 g/mol. The van der Waals surface area contributed by atoms with Crippen LogP contribution in [0.25, 0.3) is 5.69 Å². The van der Waals surface area contributed by atoms with E-state index in [-0.39, 0.29) is 17.2 Å². The van der Waals surface area contributed by atoms with Crippen molar-refractivity contribution in [2.24, 2.45) is 5.73 Å². The fourth-order valence-electron chi connectivity index (χ4n) is 1.94. The van der Waals surface area contributed by atoms with Crippen LogP contribution in [0.4, 0.5) is 5.82 Å². The van der Waals surface area contributed by atoms with Crippen molar-refractivity contribution < 1.29 is 14.5 Å². The molecule has 3 aromatic rings. The van der Waals surface area contributed by atoms with E-state index in [4.69, 9.17) is 10.5 Å². The zero-order valence-corrected chi connectivity index (χ0v) is 12.1. The maximum absolute atomic E-state index is 11.6. The minimum Gasteiger partial charge on any atom is -0.444 e. The number of carbonyl (C=O) groups is 1. The first kappa shape index (κ1) is 15.1. The number of hydrogen-bond acceptors (Lipinski definition) is 7. The molecule has 10 nitrogen and oxygen atoms in total. The monoisotopic (exact) mass is 326 g/mol. The summed E-state index contributed by atoms with van der Waals surface area (Å²) in [4.78, 5) is 29.5. The first-order chi connectivity index (χ1) is 11.6. The zero-order valence-electron chi connectivity index (χ0n) is 12.1. The number of carbonyl (C=O) groups excluding carboxylic acids is 1. The molecule has 1 amide bonds. The molecular formula is C14H10N6O4. The molecule has 10 heteroatoms. The summed E-state index contributed by atoms with van der Waals surface area (Å²) in [6, 6.07) is 6.23. The Morgan fingerprint density at radius 1 is 1.25 bits per heavy atom. The summed E-state index contributed by atoms with van der Waals surface area (Å²) in [5.41, 5.74) is 5.69. The van der Waals surface area contributed by atoms with E-state index in [1.807, 2.05) is 0 Å². The van der Waals surface area contributed by atoms with Crippen LogP contribution in [0.15, 0.2) is 49.1 Å². The molecule has 0 aromatic carbocycles. The summed E-state index contributed by atoms with van der Waals surface area (Å²) in [6.45, 7) is 0. The van der Waals surface area contributed by atoms with Gasteiger partial charge >= 0.3 is 5.82 Å². The smallest absolute Gasteiger partial charge is 0.406 e. The number of nitrogens with two attached hydrogens (primary N) is 1. The van der Waals surface area contributed by atoms with E-state index in [0.29, 0.717) is 5.69 Å². The summed E-state index contributed by atoms with van der Waals surface area (Å²) in [7, 11) is 0. The van der Waals surface area contributed by atoms with E-state index >= 15 is 0 Å². The van der Waals surface area contributed by atoms with Gasteiger partial charge in [0.2, 0.25) is 5.75 Å². The summed E-state index contributed by atoms with van der Waals surface area (Å²) in [5.74, 6) is -1.47. The molecule has 0 atom stereocenters. The average molecular weight is 326 g/mol. The van der Waals surface area contributed by atoms with Crippen molar-refractivity contribution in [1.82, 2.24) is 19.7 Å². The normalized spacial score (nSPS) is 10.3. The first-order valence-electron chi connectivity index (χ1n) is 6.63. The van der Waals surface area contributed by atoms with E-state index in [2.05, 4.69) is 15.1 Å². The SMILES string of the molecule is NC(=O)c1nn(-c2cccnc2)cc1Oc1cccnc1[N+](=O)[O-]. The number of rotatable bonds is 5. The van der Waals surface area contributed by atoms with Crippen LogP contribution >= 0.6 is 0 Å². The summed E-state index contributed by atoms with van der Waals surface area (Å²) >= 11 is 0. The molecule has 0 saturated heterocycles. The molecule has 3 rings (SSSR count). The van der Waals surface area contributed by atoms with Gasteiger partial charge in [0.05, 0.1) is 18.1 Å². The van der Waals surface area contributed by atoms with Crippen LogP contribution in [-0.4, -0.2) is 30.6 Å². The van der Waals surface area contributed by atoms with Crippen molar-refractivity contribution >= 4 is 11.7 Å². The van der Waals surface area contributed by atoms with E-state index < -0.39 is 16.6 Å². The molecule has 0 saturated carbocycles. The Morgan fingerprint density at radius 3 is 2.71 bits per heavy atom. The van der Waals surface area contributed by atoms with Crippen LogP contribution in [0.5, 0.6) is 11.5 Å². The van der Waals surface area contributed by atoms with Crippen molar-refractivity contribution in [3.8, 4) is 17.2 Å². The van der Waals surface area contributed by atoms with Crippen LogP contribution in [-0.2, 0) is 0 Å². The van der Waals surface area contributed by atoms with E-state index in [1.165, 1.54) is 35.4 Å². The van der Waals surface area contributed by atoms with Crippen LogP contribution in [0.2, 0.25) is 0 Å². The maximum Gasteiger partial charge on any atom is 0.406 e. The highest BCUT2D eigenvalue weighted by Gasteiger charge is 2.22. The fourth-order valence-corrected chi connectivity index (χ4v) is 1.94. The van der Waals surface area contributed by atoms with Gasteiger partial charge in [-0.05, 0) is 34.2 Å². The molecule has 0 fully saturated rings. The largest absolute Gasteiger partial charge is 0.444 e. The number of nitro groups is 1. The second-order valence-electron chi connectivity index (χ2n) is 4.55. The topological polar surface area (TPSA) is 139 Å². The number of pyridine rings is 2. The predicted octanol–water partition coefficient (Wildman–Crippen LogP) is 1.46. The van der Waals surface area contributed by atoms with Gasteiger partial charge in [0.15, 0.2) is 11.4 Å². The molecule has 3 aromatic heterocycles. The van der Waals surface area contributed by atoms with Gasteiger partial charge in [-0.2, -0.15) is 5.10 Å². The lowest BCUT2D eigenvalue weighted by molar-refractivity contribution is -0.390. The van der Waals surface area contributed by atoms with Gasteiger partial charge in [0.25, 0.3) is 5.91 Å². The highest BCUT2D eigenvalue weighted by Crippen LogP contribution is 2.31. The first-order valence-corrected chi connectivity index (χ1v) is 6.63. The predicted molar refractivity (Wildman–Crippen MR) is 80.8 cm³/mol. The van der Waals surface area contributed by atoms with Crippen LogP contribution in [0.1, 0.15) is 10.5 Å². The van der Waals surface area contributed by atoms with Crippen LogP contribution in [0, 0.1) is 10.1 Å². The van der Waals surface area contributed by atoms with E-state index in [1.54, 1.807) is 18.3 Å². The fraction of sp³-hybridized carbons (Fsp3) is 0. The number of aromatic nitrogens is 4. The Bertz CT molecular complexity index is 909. The van der Waals surface area contributed by atoms with E-state index in [0.717, 1.165) is 0 Å². The molecule has 0 aliphatic carbocycles. The third-order valence-corrected chi connectivity index (χ3v) is 2.97. The minimum absolute atomic E-state index is 0.0255. The lowest BCUT2D eigenvalue weighted by atomic mass is 10.3. The van der Waals surface area contributed by atoms with Gasteiger partial charge in [-0.1, -0.05) is 0 Å². The number of amides is 1. The van der Waals surface area contributed by atoms with Crippen molar-refractivity contribution in [2.45, 2.75) is 0 Å². The number of hydrogen-bond donors (Lipinski definition) is 1. The van der Waals surface area contributed by atoms with E-state index in [9.17, 15) is 14.9 Å². The molecule has 0 aliphatic heterocycles. The molecule has 120 valence electrons. The van der Waals surface area contributed by atoms with Crippen molar-refractivity contribution in [3.63, 3.8) is 0 Å². The Balaban J connectivity index is 2.04. The molecule has 24 heavy (non-hydrogen) atoms. The molecule has 0 bridgehead atoms. The minimum atomic E-state index is -0.834. The lowest BCUT2D eigenvalue weighted by Crippen LogP contribution is -2.13. The van der Waals surface area contributed by atoms with Gasteiger partial charge in [0, 0.05) is 6.20 Å². The van der Waals surface area contributed by atoms with Crippen LogP contribution in [0.3, 0.4) is 0 Å². The Kier molecular flexibility index (Phi) is 3.85. The Labute approximate surface area is 134 Å². The summed E-state index contributed by atoms with van der Waals surface area (Å²) in [5, 5.41) is 15.0. The molecule has 0 spiro atoms. The van der Waals surface area contributed by atoms with Crippen molar-refractivity contribution in [3.05, 3.63) is 64.9 Å². The highest BCUT2D eigenvalue weighted by molar-refractivity contribution is 5.93. The third-order valence-electron chi connectivity index (χ3n) is 2.97. The molecule has 0 unspecified atom stereocenters. The van der Waals surface area contributed by atoms with Gasteiger partial charge in [0.1, 0.15) is 6.20 Å². The van der Waals surface area contributed by atoms with Gasteiger partial charge < -0.3 is 20.6 Å². The lowest BCUT2D eigenvalue weighted by Gasteiger charge is -2.03. The van der Waals surface area contributed by atoms with Crippen molar-refractivity contribution in [2.75, 3.05) is 0 Å². The molecule has 2 N–H and O–H groups in total. The summed E-state index contributed by atoms with van der Waals surface area (Å²) in [6.07, 6.45) is 5.75. The molecule has 3 heterocycles. The standard InChI is InChI=1S/C14H10N6O4/c15-13(21)12-11(8-19(18-12)9-3-1-5-16-7-9)24-10-4-2-6-17-14(10)20(22)23/h1-8H,(H2,15,21). The highest BCUT2D eigenvalue weighted by atomic mass is 16.6. The second-order valence-corrected chi connectivity index (χ2v) is 4.55. The Hall–Kier alpha value is -3.82. The third kappa shape index (κ3) is 2.88. The van der Waals surface area contributed by atoms with Crippen LogP contribution < -0.4 is 10.5 Å². The summed E-state index contributed by atoms with van der Waals surface area (Å²) < 4.78 is 6.79. The van der Waals surface area contributed by atoms with Gasteiger partial charge in [-0.15, -0.1) is 0 Å². The molecule has 0 aliphatic rings. The molecule has 0 radical (unpaired) electrons. The maximum atomic E-state index is 11.6. The van der Waals surface area contributed by atoms with Crippen molar-refractivity contribution in [1.29, 1.82) is 0 Å². The number of primary amides is 1. The quantitative estimate of drug-likeness (QED) is 0.553. The number of nitrogens with zero attached hydrogens (tertiary/aromatic N) is 5. The number of ether oxygens (including phenoxy) is 1. The van der Waals surface area contributed by atoms with Gasteiger partial charge in [-0.3, -0.25) is 9.78 Å².